The summed E-state index contributed by atoms with van der Waals surface area (Å²) in [4.78, 5) is 23.2. The standard InChI is InChI=1S/C17H16FNO5/c1-22-13-8-6-12(7-9-13)19-16(20)10-24-17(21)11-23-15-5-3-2-4-14(15)18/h2-9H,10-11H2,1H3,(H,19,20). The van der Waals surface area contributed by atoms with Gasteiger partial charge in [-0.05, 0) is 36.4 Å². The largest absolute Gasteiger partial charge is 0.497 e. The molecule has 0 radical (unpaired) electrons. The molecule has 0 atom stereocenters. The Labute approximate surface area is 138 Å². The molecule has 2 aromatic carbocycles. The number of esters is 1. The van der Waals surface area contributed by atoms with Crippen LogP contribution in [0.1, 0.15) is 0 Å². The van der Waals surface area contributed by atoms with Gasteiger partial charge in [-0.1, -0.05) is 12.1 Å². The van der Waals surface area contributed by atoms with Gasteiger partial charge in [-0.2, -0.15) is 0 Å². The fraction of sp³-hybridized carbons (Fsp3) is 0.176. The fourth-order valence-corrected chi connectivity index (χ4v) is 1.76. The zero-order valence-corrected chi connectivity index (χ0v) is 13.0. The summed E-state index contributed by atoms with van der Waals surface area (Å²) in [6.45, 7) is -0.956. The van der Waals surface area contributed by atoms with Gasteiger partial charge in [-0.25, -0.2) is 9.18 Å². The van der Waals surface area contributed by atoms with Crippen molar-refractivity contribution in [2.75, 3.05) is 25.6 Å². The molecule has 0 saturated heterocycles. The summed E-state index contributed by atoms with van der Waals surface area (Å²) in [6, 6.07) is 12.4. The van der Waals surface area contributed by atoms with Crippen LogP contribution < -0.4 is 14.8 Å². The van der Waals surface area contributed by atoms with E-state index < -0.39 is 30.9 Å². The highest BCUT2D eigenvalue weighted by Crippen LogP contribution is 2.16. The molecule has 0 fully saturated rings. The number of anilines is 1. The molecule has 6 nitrogen and oxygen atoms in total. The minimum absolute atomic E-state index is 0.0582. The van der Waals surface area contributed by atoms with E-state index in [2.05, 4.69) is 5.32 Å². The molecular weight excluding hydrogens is 317 g/mol. The van der Waals surface area contributed by atoms with Crippen LogP contribution in [-0.2, 0) is 14.3 Å². The molecule has 2 rings (SSSR count). The highest BCUT2D eigenvalue weighted by Gasteiger charge is 2.10. The third-order valence-corrected chi connectivity index (χ3v) is 2.92. The molecule has 0 aliphatic carbocycles. The van der Waals surface area contributed by atoms with Gasteiger partial charge in [0.05, 0.1) is 7.11 Å². The molecule has 0 bridgehead atoms. The Morgan fingerprint density at radius 1 is 1.04 bits per heavy atom. The van der Waals surface area contributed by atoms with E-state index in [0.717, 1.165) is 0 Å². The summed E-state index contributed by atoms with van der Waals surface area (Å²) in [6.07, 6.45) is 0. The molecular formula is C17H16FNO5. The molecule has 24 heavy (non-hydrogen) atoms. The summed E-state index contributed by atoms with van der Waals surface area (Å²) in [5.74, 6) is -1.26. The predicted molar refractivity (Wildman–Crippen MR) is 84.5 cm³/mol. The van der Waals surface area contributed by atoms with E-state index in [-0.39, 0.29) is 5.75 Å². The number of methoxy groups -OCH3 is 1. The Hall–Kier alpha value is -3.09. The lowest BCUT2D eigenvalue weighted by Gasteiger charge is -2.08. The molecule has 7 heteroatoms. The van der Waals surface area contributed by atoms with Gasteiger partial charge < -0.3 is 19.5 Å². The number of amides is 1. The Bertz CT molecular complexity index is 702. The molecule has 0 aliphatic heterocycles. The van der Waals surface area contributed by atoms with Crippen molar-refractivity contribution < 1.29 is 28.2 Å². The van der Waals surface area contributed by atoms with Gasteiger partial charge >= 0.3 is 5.97 Å². The molecule has 0 aromatic heterocycles. The molecule has 2 aromatic rings. The van der Waals surface area contributed by atoms with Crippen molar-refractivity contribution in [2.24, 2.45) is 0 Å². The van der Waals surface area contributed by atoms with Gasteiger partial charge in [0.1, 0.15) is 5.75 Å². The topological polar surface area (TPSA) is 73.9 Å². The average Bonchev–Trinajstić information content (AvgIpc) is 2.60. The zero-order valence-electron chi connectivity index (χ0n) is 13.0. The first-order valence-electron chi connectivity index (χ1n) is 7.05. The lowest BCUT2D eigenvalue weighted by atomic mass is 10.3. The second kappa shape index (κ2) is 8.52. The van der Waals surface area contributed by atoms with Crippen LogP contribution in [0.2, 0.25) is 0 Å². The monoisotopic (exact) mass is 333 g/mol. The lowest BCUT2D eigenvalue weighted by molar-refractivity contribution is -0.149. The van der Waals surface area contributed by atoms with E-state index in [1.165, 1.54) is 25.3 Å². The number of carbonyl (C=O) groups is 2. The molecule has 0 unspecified atom stereocenters. The van der Waals surface area contributed by atoms with Crippen LogP contribution in [0.25, 0.3) is 0 Å². The van der Waals surface area contributed by atoms with Gasteiger partial charge in [-0.3, -0.25) is 4.79 Å². The average molecular weight is 333 g/mol. The highest BCUT2D eigenvalue weighted by molar-refractivity contribution is 5.92. The Balaban J connectivity index is 1.72. The zero-order chi connectivity index (χ0) is 17.4. The number of carbonyl (C=O) groups excluding carboxylic acids is 2. The van der Waals surface area contributed by atoms with Gasteiger partial charge in [0.15, 0.2) is 24.8 Å². The van der Waals surface area contributed by atoms with Crippen molar-refractivity contribution >= 4 is 17.6 Å². The third kappa shape index (κ3) is 5.28. The number of rotatable bonds is 7. The molecule has 1 N–H and O–H groups in total. The van der Waals surface area contributed by atoms with Crippen LogP contribution >= 0.6 is 0 Å². The van der Waals surface area contributed by atoms with Crippen LogP contribution in [0.15, 0.2) is 48.5 Å². The van der Waals surface area contributed by atoms with Gasteiger partial charge in [0.2, 0.25) is 0 Å². The normalized spacial score (nSPS) is 9.92. The van der Waals surface area contributed by atoms with E-state index in [1.54, 1.807) is 30.3 Å². The smallest absolute Gasteiger partial charge is 0.344 e. The summed E-state index contributed by atoms with van der Waals surface area (Å²) in [5, 5.41) is 2.56. The molecule has 0 saturated carbocycles. The second-order valence-electron chi connectivity index (χ2n) is 4.66. The maximum atomic E-state index is 13.3. The van der Waals surface area contributed by atoms with Crippen molar-refractivity contribution in [3.05, 3.63) is 54.3 Å². The predicted octanol–water partition coefficient (Wildman–Crippen LogP) is 2.40. The Morgan fingerprint density at radius 3 is 2.42 bits per heavy atom. The first kappa shape index (κ1) is 17.3. The minimum atomic E-state index is -0.775. The van der Waals surface area contributed by atoms with Crippen LogP contribution in [0.3, 0.4) is 0 Å². The minimum Gasteiger partial charge on any atom is -0.497 e. The van der Waals surface area contributed by atoms with Crippen molar-refractivity contribution in [2.45, 2.75) is 0 Å². The van der Waals surface area contributed by atoms with Crippen LogP contribution in [0.5, 0.6) is 11.5 Å². The Morgan fingerprint density at radius 2 is 1.75 bits per heavy atom. The summed E-state index contributed by atoms with van der Waals surface area (Å²) in [7, 11) is 1.54. The highest BCUT2D eigenvalue weighted by atomic mass is 19.1. The number of benzene rings is 2. The first-order chi connectivity index (χ1) is 11.6. The maximum absolute atomic E-state index is 13.3. The van der Waals surface area contributed by atoms with E-state index in [4.69, 9.17) is 14.2 Å². The maximum Gasteiger partial charge on any atom is 0.344 e. The Kier molecular flexibility index (Phi) is 6.13. The number of halogens is 1. The third-order valence-electron chi connectivity index (χ3n) is 2.92. The SMILES string of the molecule is COc1ccc(NC(=O)COC(=O)COc2ccccc2F)cc1. The van der Waals surface area contributed by atoms with E-state index in [1.807, 2.05) is 0 Å². The molecule has 0 spiro atoms. The summed E-state index contributed by atoms with van der Waals surface area (Å²) >= 11 is 0. The quantitative estimate of drug-likeness (QED) is 0.788. The lowest BCUT2D eigenvalue weighted by Crippen LogP contribution is -2.23. The molecule has 126 valence electrons. The van der Waals surface area contributed by atoms with Crippen molar-refractivity contribution in [1.82, 2.24) is 0 Å². The molecule has 0 heterocycles. The van der Waals surface area contributed by atoms with Gasteiger partial charge in [0, 0.05) is 5.69 Å². The first-order valence-corrected chi connectivity index (χ1v) is 7.05. The van der Waals surface area contributed by atoms with Crippen LogP contribution in [0, 0.1) is 5.82 Å². The van der Waals surface area contributed by atoms with Gasteiger partial charge in [0.25, 0.3) is 5.91 Å². The van der Waals surface area contributed by atoms with Crippen LogP contribution in [-0.4, -0.2) is 32.2 Å². The number of ether oxygens (including phenoxy) is 3. The number of nitrogens with one attached hydrogen (secondary N) is 1. The molecule has 1 amide bonds. The van der Waals surface area contributed by atoms with E-state index in [9.17, 15) is 14.0 Å². The molecule has 0 aliphatic rings. The number of hydrogen-bond donors (Lipinski definition) is 1. The summed E-state index contributed by atoms with van der Waals surface area (Å²) in [5.41, 5.74) is 0.541. The van der Waals surface area contributed by atoms with Gasteiger partial charge in [-0.15, -0.1) is 0 Å². The van der Waals surface area contributed by atoms with Crippen LogP contribution in [0.4, 0.5) is 10.1 Å². The number of hydrogen-bond acceptors (Lipinski definition) is 5. The van der Waals surface area contributed by atoms with Crippen molar-refractivity contribution in [3.63, 3.8) is 0 Å². The van der Waals surface area contributed by atoms with Crippen molar-refractivity contribution in [3.8, 4) is 11.5 Å². The second-order valence-corrected chi connectivity index (χ2v) is 4.66. The van der Waals surface area contributed by atoms with E-state index >= 15 is 0 Å². The number of para-hydroxylation sites is 1. The fourth-order valence-electron chi connectivity index (χ4n) is 1.76. The summed E-state index contributed by atoms with van der Waals surface area (Å²) < 4.78 is 28.0. The van der Waals surface area contributed by atoms with Crippen molar-refractivity contribution in [1.29, 1.82) is 0 Å². The van der Waals surface area contributed by atoms with E-state index in [0.29, 0.717) is 11.4 Å².